The highest BCUT2D eigenvalue weighted by molar-refractivity contribution is 8.00. The van der Waals surface area contributed by atoms with Crippen LogP contribution < -0.4 is 10.1 Å². The van der Waals surface area contributed by atoms with Crippen molar-refractivity contribution in [3.63, 3.8) is 0 Å². The minimum Gasteiger partial charge on any atom is -0.467 e. The number of non-ortho nitro benzene ring substituents is 1. The fourth-order valence-electron chi connectivity index (χ4n) is 2.75. The van der Waals surface area contributed by atoms with Crippen molar-refractivity contribution in [2.45, 2.75) is 23.6 Å². The second-order valence-electron chi connectivity index (χ2n) is 6.21. The largest absolute Gasteiger partial charge is 0.467 e. The number of nitrogens with one attached hydrogen (secondary N) is 1. The van der Waals surface area contributed by atoms with Crippen molar-refractivity contribution in [2.24, 2.45) is 0 Å². The van der Waals surface area contributed by atoms with Gasteiger partial charge in [-0.15, -0.1) is 10.2 Å². The van der Waals surface area contributed by atoms with Crippen LogP contribution in [0.3, 0.4) is 0 Å². The summed E-state index contributed by atoms with van der Waals surface area (Å²) in [5, 5.41) is 24.0. The fourth-order valence-corrected chi connectivity index (χ4v) is 4.67. The Balaban J connectivity index is 1.48. The minimum atomic E-state index is -0.414. The first kappa shape index (κ1) is 19.9. The van der Waals surface area contributed by atoms with Crippen LogP contribution in [0.25, 0.3) is 0 Å². The van der Waals surface area contributed by atoms with Gasteiger partial charge in [0.05, 0.1) is 11.5 Å². The molecule has 11 heteroatoms. The highest BCUT2D eigenvalue weighted by atomic mass is 35.5. The van der Waals surface area contributed by atoms with E-state index >= 15 is 0 Å². The maximum absolute atomic E-state index is 11.2. The molecule has 29 heavy (non-hydrogen) atoms. The molecule has 150 valence electrons. The van der Waals surface area contributed by atoms with Crippen LogP contribution in [0.4, 0.5) is 16.5 Å². The summed E-state index contributed by atoms with van der Waals surface area (Å²) < 4.78 is 11.5. The number of nitrogens with zero attached hydrogens (tertiary/aromatic N) is 3. The number of benzene rings is 2. The van der Waals surface area contributed by atoms with Crippen LogP contribution in [-0.2, 0) is 17.1 Å². The van der Waals surface area contributed by atoms with Crippen LogP contribution in [0.15, 0.2) is 34.7 Å². The SMILES string of the molecule is Cc1ccc(Nc2nnc(SCc3cc([N+](=O)[O-])cc4c3OCOC4)s2)cc1Cl. The molecule has 1 aliphatic heterocycles. The first-order valence-corrected chi connectivity index (χ1v) is 10.7. The van der Waals surface area contributed by atoms with Gasteiger partial charge >= 0.3 is 0 Å². The first-order chi connectivity index (χ1) is 14.0. The molecule has 0 amide bonds. The van der Waals surface area contributed by atoms with Gasteiger partial charge < -0.3 is 14.8 Å². The van der Waals surface area contributed by atoms with E-state index in [9.17, 15) is 10.1 Å². The average molecular weight is 451 g/mol. The van der Waals surface area contributed by atoms with Crippen molar-refractivity contribution in [3.05, 3.63) is 62.2 Å². The van der Waals surface area contributed by atoms with E-state index in [1.54, 1.807) is 0 Å². The molecule has 0 bridgehead atoms. The molecule has 4 rings (SSSR count). The molecule has 0 saturated heterocycles. The Labute approximate surface area is 179 Å². The first-order valence-electron chi connectivity index (χ1n) is 8.50. The number of rotatable bonds is 6. The van der Waals surface area contributed by atoms with Crippen molar-refractivity contribution in [1.29, 1.82) is 0 Å². The highest BCUT2D eigenvalue weighted by Crippen LogP contribution is 2.37. The number of halogens is 1. The summed E-state index contributed by atoms with van der Waals surface area (Å²) in [7, 11) is 0. The second kappa shape index (κ2) is 8.54. The fraction of sp³-hybridized carbons (Fsp3) is 0.222. The van der Waals surface area contributed by atoms with Crippen molar-refractivity contribution < 1.29 is 14.4 Å². The lowest BCUT2D eigenvalue weighted by molar-refractivity contribution is -0.385. The molecule has 2 heterocycles. The van der Waals surface area contributed by atoms with Crippen molar-refractivity contribution >= 4 is 51.2 Å². The Hall–Kier alpha value is -2.40. The van der Waals surface area contributed by atoms with Crippen LogP contribution in [0.5, 0.6) is 5.75 Å². The van der Waals surface area contributed by atoms with Crippen LogP contribution in [0.1, 0.15) is 16.7 Å². The number of hydrogen-bond acceptors (Lipinski definition) is 9. The summed E-state index contributed by atoms with van der Waals surface area (Å²) in [6.45, 7) is 2.36. The molecule has 1 N–H and O–H groups in total. The number of hydrogen-bond donors (Lipinski definition) is 1. The molecule has 1 aromatic heterocycles. The van der Waals surface area contributed by atoms with Crippen LogP contribution >= 0.6 is 34.7 Å². The van der Waals surface area contributed by atoms with E-state index in [1.165, 1.54) is 35.2 Å². The zero-order valence-electron chi connectivity index (χ0n) is 15.2. The molecule has 0 aliphatic carbocycles. The minimum absolute atomic E-state index is 0.0179. The Morgan fingerprint density at radius 2 is 2.21 bits per heavy atom. The van der Waals surface area contributed by atoms with E-state index in [2.05, 4.69) is 15.5 Å². The van der Waals surface area contributed by atoms with Crippen molar-refractivity contribution in [3.8, 4) is 5.75 Å². The monoisotopic (exact) mass is 450 g/mol. The molecule has 0 spiro atoms. The molecular weight excluding hydrogens is 436 g/mol. The van der Waals surface area contributed by atoms with E-state index in [1.807, 2.05) is 25.1 Å². The summed E-state index contributed by atoms with van der Waals surface area (Å²) in [4.78, 5) is 10.8. The molecular formula is C18H15ClN4O4S2. The molecule has 3 aromatic rings. The number of nitro benzene ring substituents is 1. The van der Waals surface area contributed by atoms with E-state index in [0.29, 0.717) is 33.8 Å². The quantitative estimate of drug-likeness (QED) is 0.306. The van der Waals surface area contributed by atoms with Gasteiger partial charge in [0.25, 0.3) is 5.69 Å². The predicted octanol–water partition coefficient (Wildman–Crippen LogP) is 5.31. The average Bonchev–Trinajstić information content (AvgIpc) is 3.16. The Morgan fingerprint density at radius 3 is 3.00 bits per heavy atom. The lowest BCUT2D eigenvalue weighted by atomic mass is 10.1. The third-order valence-corrected chi connectivity index (χ3v) is 6.59. The van der Waals surface area contributed by atoms with Crippen LogP contribution in [0, 0.1) is 17.0 Å². The van der Waals surface area contributed by atoms with E-state index in [0.717, 1.165) is 21.2 Å². The summed E-state index contributed by atoms with van der Waals surface area (Å²) in [5.41, 5.74) is 3.26. The number of anilines is 2. The van der Waals surface area contributed by atoms with E-state index in [4.69, 9.17) is 21.1 Å². The predicted molar refractivity (Wildman–Crippen MR) is 112 cm³/mol. The number of nitro groups is 1. The summed E-state index contributed by atoms with van der Waals surface area (Å²) >= 11 is 8.98. The number of thioether (sulfide) groups is 1. The molecule has 8 nitrogen and oxygen atoms in total. The zero-order valence-corrected chi connectivity index (χ0v) is 17.6. The summed E-state index contributed by atoms with van der Waals surface area (Å²) in [6, 6.07) is 8.70. The van der Waals surface area contributed by atoms with Gasteiger partial charge in [0, 0.05) is 39.7 Å². The molecule has 1 aliphatic rings. The second-order valence-corrected chi connectivity index (χ2v) is 8.82. The van der Waals surface area contributed by atoms with E-state index in [-0.39, 0.29) is 12.5 Å². The topological polar surface area (TPSA) is 99.4 Å². The van der Waals surface area contributed by atoms with Gasteiger partial charge in [-0.25, -0.2) is 0 Å². The summed E-state index contributed by atoms with van der Waals surface area (Å²) in [5.74, 6) is 1.11. The number of ether oxygens (including phenoxy) is 2. The maximum atomic E-state index is 11.2. The van der Waals surface area contributed by atoms with E-state index < -0.39 is 4.92 Å². The Morgan fingerprint density at radius 1 is 1.34 bits per heavy atom. The maximum Gasteiger partial charge on any atom is 0.270 e. The van der Waals surface area contributed by atoms with Gasteiger partial charge in [0.1, 0.15) is 5.75 Å². The third kappa shape index (κ3) is 4.61. The van der Waals surface area contributed by atoms with Gasteiger partial charge in [0.2, 0.25) is 5.13 Å². The van der Waals surface area contributed by atoms with Gasteiger partial charge in [-0.1, -0.05) is 40.8 Å². The molecule has 0 radical (unpaired) electrons. The van der Waals surface area contributed by atoms with Gasteiger partial charge in [-0.2, -0.15) is 0 Å². The normalized spacial score (nSPS) is 12.9. The number of aromatic nitrogens is 2. The van der Waals surface area contributed by atoms with Crippen LogP contribution in [-0.4, -0.2) is 21.9 Å². The number of aryl methyl sites for hydroxylation is 1. The molecule has 0 saturated carbocycles. The van der Waals surface area contributed by atoms with Crippen molar-refractivity contribution in [1.82, 2.24) is 10.2 Å². The number of fused-ring (bicyclic) bond motifs is 1. The summed E-state index contributed by atoms with van der Waals surface area (Å²) in [6.07, 6.45) is 0. The smallest absolute Gasteiger partial charge is 0.270 e. The third-order valence-electron chi connectivity index (χ3n) is 4.16. The molecule has 0 atom stereocenters. The van der Waals surface area contributed by atoms with Crippen LogP contribution in [0.2, 0.25) is 5.02 Å². The van der Waals surface area contributed by atoms with Gasteiger partial charge in [0.15, 0.2) is 11.1 Å². The molecule has 2 aromatic carbocycles. The Bertz CT molecular complexity index is 1080. The molecule has 0 fully saturated rings. The lowest BCUT2D eigenvalue weighted by Gasteiger charge is -2.20. The van der Waals surface area contributed by atoms with Crippen molar-refractivity contribution in [2.75, 3.05) is 12.1 Å². The highest BCUT2D eigenvalue weighted by Gasteiger charge is 2.21. The standard InChI is InChI=1S/C18H15ClN4O4S2/c1-10-2-3-13(6-15(10)19)20-17-21-22-18(29-17)28-8-12-5-14(23(24)25)4-11-7-26-9-27-16(11)12/h2-6H,7-9H2,1H3,(H,20,21). The van der Waals surface area contributed by atoms with Gasteiger partial charge in [-0.05, 0) is 24.6 Å². The zero-order chi connectivity index (χ0) is 20.4. The lowest BCUT2D eigenvalue weighted by Crippen LogP contribution is -2.13. The molecule has 0 unspecified atom stereocenters. The Kier molecular flexibility index (Phi) is 5.86. The van der Waals surface area contributed by atoms with Gasteiger partial charge in [-0.3, -0.25) is 10.1 Å².